The molecule has 0 atom stereocenters. The van der Waals surface area contributed by atoms with E-state index in [9.17, 15) is 0 Å². The molecule has 2 aliphatic rings. The van der Waals surface area contributed by atoms with E-state index in [1.807, 2.05) is 0 Å². The second-order valence-corrected chi connectivity index (χ2v) is 19.7. The van der Waals surface area contributed by atoms with Gasteiger partial charge in [0.1, 0.15) is 0 Å². The average molecular weight is 979 g/mol. The number of H-pyrrole nitrogens is 2. The summed E-state index contributed by atoms with van der Waals surface area (Å²) in [4.78, 5) is 18.7. The van der Waals surface area contributed by atoms with Crippen LogP contribution < -0.4 is 0 Å². The van der Waals surface area contributed by atoms with Crippen molar-refractivity contribution in [3.05, 3.63) is 162 Å². The Hall–Kier alpha value is -5.06. The van der Waals surface area contributed by atoms with Crippen LogP contribution in [0.2, 0.25) is 0 Å². The molecule has 0 radical (unpaired) electrons. The molecule has 0 saturated heterocycles. The summed E-state index contributed by atoms with van der Waals surface area (Å²) in [7, 11) is 0. The van der Waals surface area contributed by atoms with Crippen molar-refractivity contribution in [3.63, 3.8) is 0 Å². The first kappa shape index (κ1) is 38.5. The van der Waals surface area contributed by atoms with Gasteiger partial charge in [0.2, 0.25) is 0 Å². The largest absolute Gasteiger partial charge is 0.354 e. The van der Waals surface area contributed by atoms with Crippen LogP contribution in [-0.2, 0) is 10.8 Å². The third-order valence-electron chi connectivity index (χ3n) is 11.1. The highest BCUT2D eigenvalue weighted by atomic mass is 127. The van der Waals surface area contributed by atoms with Gasteiger partial charge >= 0.3 is 0 Å². The van der Waals surface area contributed by atoms with Crippen LogP contribution in [0, 0.1) is 7.14 Å². The second kappa shape index (κ2) is 15.0. The van der Waals surface area contributed by atoms with Crippen molar-refractivity contribution < 1.29 is 0 Å². The van der Waals surface area contributed by atoms with Gasteiger partial charge in [-0.15, -0.1) is 0 Å². The number of halogens is 2. The Kier molecular flexibility index (Phi) is 9.91. The minimum Gasteiger partial charge on any atom is -0.354 e. The molecule has 0 aliphatic carbocycles. The Labute approximate surface area is 367 Å². The van der Waals surface area contributed by atoms with E-state index < -0.39 is 0 Å². The molecule has 5 heterocycles. The molecule has 6 heteroatoms. The highest BCUT2D eigenvalue weighted by Crippen LogP contribution is 2.39. The normalized spacial score (nSPS) is 12.7. The zero-order valence-corrected chi connectivity index (χ0v) is 37.8. The molecule has 58 heavy (non-hydrogen) atoms. The van der Waals surface area contributed by atoms with Gasteiger partial charge in [0.25, 0.3) is 0 Å². The van der Waals surface area contributed by atoms with Gasteiger partial charge in [0.15, 0.2) is 0 Å². The fraction of sp³-hybridized carbons (Fsp3) is 0.154. The van der Waals surface area contributed by atoms with E-state index in [1.165, 1.54) is 18.3 Å². The summed E-state index contributed by atoms with van der Waals surface area (Å²) in [6.07, 6.45) is 8.66. The van der Waals surface area contributed by atoms with Crippen LogP contribution in [0.1, 0.15) is 75.4 Å². The van der Waals surface area contributed by atoms with Crippen LogP contribution in [0.3, 0.4) is 0 Å². The number of aromatic amines is 2. The van der Waals surface area contributed by atoms with Crippen molar-refractivity contribution in [1.82, 2.24) is 19.9 Å². The van der Waals surface area contributed by atoms with Crippen LogP contribution >= 0.6 is 45.2 Å². The van der Waals surface area contributed by atoms with Gasteiger partial charge in [-0.05, 0) is 162 Å². The smallest absolute Gasteiger partial charge is 0.0737 e. The number of nitrogens with zero attached hydrogens (tertiary/aromatic N) is 2. The van der Waals surface area contributed by atoms with Gasteiger partial charge in [-0.2, -0.15) is 0 Å². The van der Waals surface area contributed by atoms with Crippen LogP contribution in [-0.4, -0.2) is 19.9 Å². The molecule has 7 aromatic rings. The predicted molar refractivity (Wildman–Crippen MR) is 263 cm³/mol. The number of nitrogens with one attached hydrogen (secondary N) is 2. The van der Waals surface area contributed by atoms with Crippen molar-refractivity contribution >= 4 is 91.6 Å². The van der Waals surface area contributed by atoms with E-state index in [4.69, 9.17) is 9.97 Å². The maximum atomic E-state index is 5.51. The van der Waals surface area contributed by atoms with Gasteiger partial charge in [0, 0.05) is 51.5 Å². The zero-order chi connectivity index (χ0) is 40.3. The van der Waals surface area contributed by atoms with Gasteiger partial charge in [0.05, 0.1) is 22.8 Å². The van der Waals surface area contributed by atoms with Crippen LogP contribution in [0.4, 0.5) is 0 Å². The van der Waals surface area contributed by atoms with Gasteiger partial charge < -0.3 is 9.97 Å². The van der Waals surface area contributed by atoms with Crippen molar-refractivity contribution in [2.75, 3.05) is 0 Å². The minimum atomic E-state index is 0.0372. The lowest BCUT2D eigenvalue weighted by Gasteiger charge is -2.19. The van der Waals surface area contributed by atoms with Gasteiger partial charge in [-0.25, -0.2) is 9.97 Å². The second-order valence-electron chi connectivity index (χ2n) is 17.2. The van der Waals surface area contributed by atoms with Crippen molar-refractivity contribution in [1.29, 1.82) is 0 Å². The number of fused-ring (bicyclic) bond motifs is 8. The molecule has 0 saturated carbocycles. The fourth-order valence-electron chi connectivity index (χ4n) is 7.93. The van der Waals surface area contributed by atoms with Gasteiger partial charge in [-0.3, -0.25) is 0 Å². The lowest BCUT2D eigenvalue weighted by Crippen LogP contribution is -2.10. The Morgan fingerprint density at radius 3 is 0.828 bits per heavy atom. The Morgan fingerprint density at radius 2 is 0.586 bits per heavy atom. The number of benzene rings is 4. The predicted octanol–water partition coefficient (Wildman–Crippen LogP) is 15.1. The molecule has 2 N–H and O–H groups in total. The summed E-state index contributed by atoms with van der Waals surface area (Å²) in [5.74, 6) is 0. The molecule has 0 spiro atoms. The number of hydrogen-bond acceptors (Lipinski definition) is 2. The first-order valence-corrected chi connectivity index (χ1v) is 21.9. The van der Waals surface area contributed by atoms with E-state index in [2.05, 4.69) is 242 Å². The summed E-state index contributed by atoms with van der Waals surface area (Å²) in [5, 5.41) is 0. The monoisotopic (exact) mass is 978 g/mol. The summed E-state index contributed by atoms with van der Waals surface area (Å²) < 4.78 is 2.37. The average Bonchev–Trinajstić information content (AvgIpc) is 4.04. The topological polar surface area (TPSA) is 57.4 Å². The van der Waals surface area contributed by atoms with Crippen LogP contribution in [0.15, 0.2) is 121 Å². The highest BCUT2D eigenvalue weighted by molar-refractivity contribution is 14.1. The molecular formula is C52H44I2N4. The first-order valence-electron chi connectivity index (χ1n) is 19.7. The quantitative estimate of drug-likeness (QED) is 0.173. The van der Waals surface area contributed by atoms with Crippen molar-refractivity contribution in [3.8, 4) is 44.5 Å². The van der Waals surface area contributed by atoms with Gasteiger partial charge in [-0.1, -0.05) is 114 Å². The van der Waals surface area contributed by atoms with E-state index in [0.29, 0.717) is 0 Å². The Balaban J connectivity index is 1.43. The SMILES string of the molecule is CC(C)(C)c1ccc(-c2c3nc(c(-c4ccc(C(C)(C)C)cc4)c4ccc([nH]4)c(-c4ccc(I)cc4)c4nc(c(-c5ccc(I)cc5)c5ccc2[nH]5)C=C4)C=C3)cc1. The molecule has 0 fully saturated rings. The molecule has 4 aromatic carbocycles. The summed E-state index contributed by atoms with van der Waals surface area (Å²) in [5.41, 5.74) is 18.8. The maximum Gasteiger partial charge on any atom is 0.0737 e. The molecule has 0 unspecified atom stereocenters. The van der Waals surface area contributed by atoms with Crippen LogP contribution in [0.25, 0.3) is 90.9 Å². The van der Waals surface area contributed by atoms with Crippen molar-refractivity contribution in [2.45, 2.75) is 52.4 Å². The van der Waals surface area contributed by atoms with Crippen LogP contribution in [0.5, 0.6) is 0 Å². The Bertz CT molecular complexity index is 2730. The molecule has 286 valence electrons. The molecule has 4 nitrogen and oxygen atoms in total. The summed E-state index contributed by atoms with van der Waals surface area (Å²) in [6.45, 7) is 13.5. The highest BCUT2D eigenvalue weighted by Gasteiger charge is 2.21. The first-order chi connectivity index (χ1) is 27.8. The third-order valence-corrected chi connectivity index (χ3v) is 12.5. The number of aromatic nitrogens is 4. The van der Waals surface area contributed by atoms with Crippen molar-refractivity contribution in [2.24, 2.45) is 0 Å². The van der Waals surface area contributed by atoms with E-state index in [-0.39, 0.29) is 10.8 Å². The molecule has 2 aliphatic heterocycles. The zero-order valence-electron chi connectivity index (χ0n) is 33.5. The maximum absolute atomic E-state index is 5.51. The fourth-order valence-corrected chi connectivity index (χ4v) is 8.65. The summed E-state index contributed by atoms with van der Waals surface area (Å²) in [6, 6.07) is 44.2. The standard InChI is InChI=1S/C52H44I2N4/c1-51(2,3)35-15-7-31(8-16-35)47-39-23-24-40(55-39)48(32-9-17-36(18-10-32)52(4,5)6)42-26-28-44(57-42)50(34-13-21-38(54)22-14-34)46-30-29-45(58-46)49(43-27-25-41(47)56-43)33-11-19-37(53)20-12-33/h7-30,56-57H,1-6H3. The molecule has 8 bridgehead atoms. The molecule has 0 amide bonds. The van der Waals surface area contributed by atoms with E-state index in [1.54, 1.807) is 0 Å². The molecular weight excluding hydrogens is 934 g/mol. The summed E-state index contributed by atoms with van der Waals surface area (Å²) >= 11 is 4.75. The Morgan fingerprint density at radius 1 is 0.345 bits per heavy atom. The third kappa shape index (κ3) is 7.41. The number of rotatable bonds is 4. The number of hydrogen-bond donors (Lipinski definition) is 2. The molecule has 9 rings (SSSR count). The minimum absolute atomic E-state index is 0.0372. The lowest BCUT2D eigenvalue weighted by atomic mass is 9.86. The molecule has 3 aromatic heterocycles. The van der Waals surface area contributed by atoms with E-state index in [0.717, 1.165) is 89.4 Å². The lowest BCUT2D eigenvalue weighted by molar-refractivity contribution is 0.590. The van der Waals surface area contributed by atoms with E-state index >= 15 is 0 Å².